The van der Waals surface area contributed by atoms with Gasteiger partial charge in [0.1, 0.15) is 17.2 Å². The predicted molar refractivity (Wildman–Crippen MR) is 82.9 cm³/mol. The highest BCUT2D eigenvalue weighted by atomic mass is 19.2. The zero-order chi connectivity index (χ0) is 16.8. The van der Waals surface area contributed by atoms with E-state index in [0.717, 1.165) is 18.9 Å². The van der Waals surface area contributed by atoms with Gasteiger partial charge in [0.15, 0.2) is 11.6 Å². The van der Waals surface area contributed by atoms with Gasteiger partial charge in [0.25, 0.3) is 0 Å². The molecular weight excluding hydrogens is 316 g/mol. The van der Waals surface area contributed by atoms with Gasteiger partial charge in [-0.2, -0.15) is 5.10 Å². The van der Waals surface area contributed by atoms with Crippen molar-refractivity contribution in [3.63, 3.8) is 0 Å². The van der Waals surface area contributed by atoms with Gasteiger partial charge in [-0.05, 0) is 25.8 Å². The highest BCUT2D eigenvalue weighted by Gasteiger charge is 2.29. The number of nitrogens with zero attached hydrogens (tertiary/aromatic N) is 5. The van der Waals surface area contributed by atoms with E-state index in [2.05, 4.69) is 20.3 Å². The predicted octanol–water partition coefficient (Wildman–Crippen LogP) is 3.30. The standard InChI is InChI=1S/C16H13F2N5O/c1-8(22-24)13-4-9(7-19-21-13)16-20-14-5-11(17)12(18)6-15(14)23(16)10-2-3-10/h4-7,10,24H,2-3H2,1H3. The number of hydrogen-bond donors (Lipinski definition) is 1. The van der Waals surface area contributed by atoms with Gasteiger partial charge in [0.2, 0.25) is 0 Å². The molecule has 1 aromatic carbocycles. The molecule has 0 aliphatic heterocycles. The van der Waals surface area contributed by atoms with Gasteiger partial charge < -0.3 is 9.77 Å². The molecule has 1 aliphatic rings. The maximum atomic E-state index is 13.7. The summed E-state index contributed by atoms with van der Waals surface area (Å²) in [6.07, 6.45) is 3.45. The summed E-state index contributed by atoms with van der Waals surface area (Å²) >= 11 is 0. The Morgan fingerprint density at radius 2 is 2.00 bits per heavy atom. The minimum atomic E-state index is -0.925. The molecular formula is C16H13F2N5O. The maximum Gasteiger partial charge on any atom is 0.161 e. The van der Waals surface area contributed by atoms with Crippen LogP contribution in [0.4, 0.5) is 8.78 Å². The molecule has 0 unspecified atom stereocenters. The number of oxime groups is 1. The minimum Gasteiger partial charge on any atom is -0.411 e. The summed E-state index contributed by atoms with van der Waals surface area (Å²) in [7, 11) is 0. The van der Waals surface area contributed by atoms with E-state index in [9.17, 15) is 8.78 Å². The Kier molecular flexibility index (Phi) is 3.26. The first-order chi connectivity index (χ1) is 11.6. The van der Waals surface area contributed by atoms with Crippen LogP contribution in [0.1, 0.15) is 31.5 Å². The molecule has 8 heteroatoms. The Bertz CT molecular complexity index is 978. The van der Waals surface area contributed by atoms with Crippen LogP contribution < -0.4 is 0 Å². The molecule has 24 heavy (non-hydrogen) atoms. The van der Waals surface area contributed by atoms with Crippen molar-refractivity contribution in [1.29, 1.82) is 0 Å². The van der Waals surface area contributed by atoms with Crippen LogP contribution in [0, 0.1) is 11.6 Å². The Hall–Kier alpha value is -2.90. The second-order valence-corrected chi connectivity index (χ2v) is 5.81. The Balaban J connectivity index is 1.95. The van der Waals surface area contributed by atoms with Gasteiger partial charge in [0, 0.05) is 23.7 Å². The van der Waals surface area contributed by atoms with Gasteiger partial charge in [-0.3, -0.25) is 0 Å². The zero-order valence-electron chi connectivity index (χ0n) is 12.7. The fraction of sp³-hybridized carbons (Fsp3) is 0.250. The first-order valence-electron chi connectivity index (χ1n) is 7.47. The molecule has 0 atom stereocenters. The van der Waals surface area contributed by atoms with Crippen molar-refractivity contribution < 1.29 is 14.0 Å². The average Bonchev–Trinajstić information content (AvgIpc) is 3.37. The molecule has 0 amide bonds. The molecule has 0 bridgehead atoms. The number of imidazole rings is 1. The van der Waals surface area contributed by atoms with Crippen LogP contribution in [0.15, 0.2) is 29.6 Å². The summed E-state index contributed by atoms with van der Waals surface area (Å²) in [6.45, 7) is 1.60. The summed E-state index contributed by atoms with van der Waals surface area (Å²) in [5.41, 5.74) is 2.31. The fourth-order valence-electron chi connectivity index (χ4n) is 2.71. The molecule has 0 saturated heterocycles. The van der Waals surface area contributed by atoms with Crippen molar-refractivity contribution in [3.05, 3.63) is 41.7 Å². The third-order valence-electron chi connectivity index (χ3n) is 4.08. The SMILES string of the molecule is CC(=NO)c1cc(-c2nc3cc(F)c(F)cc3n2C2CC2)cnn1. The van der Waals surface area contributed by atoms with Crippen LogP contribution in [0.25, 0.3) is 22.4 Å². The van der Waals surface area contributed by atoms with Crippen LogP contribution >= 0.6 is 0 Å². The number of rotatable bonds is 3. The zero-order valence-corrected chi connectivity index (χ0v) is 12.7. The molecule has 6 nitrogen and oxygen atoms in total. The first-order valence-corrected chi connectivity index (χ1v) is 7.47. The normalized spacial score (nSPS) is 15.2. The van der Waals surface area contributed by atoms with Gasteiger partial charge in [0.05, 0.1) is 17.2 Å². The Morgan fingerprint density at radius 3 is 2.71 bits per heavy atom. The summed E-state index contributed by atoms with van der Waals surface area (Å²) in [5, 5.41) is 19.8. The topological polar surface area (TPSA) is 76.2 Å². The molecule has 1 N–H and O–H groups in total. The molecule has 0 spiro atoms. The first kappa shape index (κ1) is 14.7. The maximum absolute atomic E-state index is 13.7. The summed E-state index contributed by atoms with van der Waals surface area (Å²) in [6, 6.07) is 4.17. The van der Waals surface area contributed by atoms with Crippen molar-refractivity contribution in [3.8, 4) is 11.4 Å². The highest BCUT2D eigenvalue weighted by Crippen LogP contribution is 2.41. The van der Waals surface area contributed by atoms with E-state index in [0.29, 0.717) is 33.8 Å². The van der Waals surface area contributed by atoms with Crippen molar-refractivity contribution in [2.75, 3.05) is 0 Å². The average molecular weight is 329 g/mol. The lowest BCUT2D eigenvalue weighted by atomic mass is 10.2. The van der Waals surface area contributed by atoms with E-state index in [4.69, 9.17) is 5.21 Å². The van der Waals surface area contributed by atoms with Gasteiger partial charge >= 0.3 is 0 Å². The number of benzene rings is 1. The molecule has 1 saturated carbocycles. The lowest BCUT2D eigenvalue weighted by molar-refractivity contribution is 0.319. The van der Waals surface area contributed by atoms with E-state index in [1.807, 2.05) is 4.57 Å². The van der Waals surface area contributed by atoms with E-state index >= 15 is 0 Å². The second kappa shape index (κ2) is 5.33. The van der Waals surface area contributed by atoms with E-state index in [1.54, 1.807) is 13.0 Å². The van der Waals surface area contributed by atoms with Crippen molar-refractivity contribution in [1.82, 2.24) is 19.7 Å². The lowest BCUT2D eigenvalue weighted by Gasteiger charge is -2.08. The molecule has 4 rings (SSSR count). The molecule has 0 radical (unpaired) electrons. The number of aromatic nitrogens is 4. The third kappa shape index (κ3) is 2.31. The summed E-state index contributed by atoms with van der Waals surface area (Å²) in [5.74, 6) is -1.25. The Labute approximate surface area is 135 Å². The number of halogens is 2. The summed E-state index contributed by atoms with van der Waals surface area (Å²) < 4.78 is 29.1. The third-order valence-corrected chi connectivity index (χ3v) is 4.08. The minimum absolute atomic E-state index is 0.207. The van der Waals surface area contributed by atoms with Gasteiger partial charge in [-0.25, -0.2) is 13.8 Å². The largest absolute Gasteiger partial charge is 0.411 e. The van der Waals surface area contributed by atoms with Crippen LogP contribution in [0.5, 0.6) is 0 Å². The van der Waals surface area contributed by atoms with Crippen molar-refractivity contribution in [2.45, 2.75) is 25.8 Å². The van der Waals surface area contributed by atoms with E-state index in [1.165, 1.54) is 12.3 Å². The monoisotopic (exact) mass is 329 g/mol. The van der Waals surface area contributed by atoms with Crippen LogP contribution in [0.3, 0.4) is 0 Å². The highest BCUT2D eigenvalue weighted by molar-refractivity contribution is 5.97. The fourth-order valence-corrected chi connectivity index (χ4v) is 2.71. The molecule has 2 aromatic heterocycles. The number of hydrogen-bond acceptors (Lipinski definition) is 5. The van der Waals surface area contributed by atoms with Crippen molar-refractivity contribution in [2.24, 2.45) is 5.16 Å². The van der Waals surface area contributed by atoms with Crippen LogP contribution in [-0.4, -0.2) is 30.7 Å². The van der Waals surface area contributed by atoms with Gasteiger partial charge in [-0.15, -0.1) is 5.10 Å². The second-order valence-electron chi connectivity index (χ2n) is 5.81. The summed E-state index contributed by atoms with van der Waals surface area (Å²) in [4.78, 5) is 4.46. The van der Waals surface area contributed by atoms with Crippen LogP contribution in [-0.2, 0) is 0 Å². The number of fused-ring (bicyclic) bond motifs is 1. The van der Waals surface area contributed by atoms with Crippen LogP contribution in [0.2, 0.25) is 0 Å². The molecule has 1 fully saturated rings. The quantitative estimate of drug-likeness (QED) is 0.454. The molecule has 1 aliphatic carbocycles. The lowest BCUT2D eigenvalue weighted by Crippen LogP contribution is -2.03. The van der Waals surface area contributed by atoms with Gasteiger partial charge in [-0.1, -0.05) is 5.16 Å². The molecule has 2 heterocycles. The smallest absolute Gasteiger partial charge is 0.161 e. The molecule has 3 aromatic rings. The van der Waals surface area contributed by atoms with E-state index in [-0.39, 0.29) is 6.04 Å². The Morgan fingerprint density at radius 1 is 1.25 bits per heavy atom. The molecule has 122 valence electrons. The van der Waals surface area contributed by atoms with E-state index < -0.39 is 11.6 Å². The van der Waals surface area contributed by atoms with Crippen molar-refractivity contribution >= 4 is 16.7 Å².